The molecule has 2 aromatic rings. The van der Waals surface area contributed by atoms with Gasteiger partial charge in [0.2, 0.25) is 0 Å². The minimum Gasteiger partial charge on any atom is -0.338 e. The highest BCUT2D eigenvalue weighted by Gasteiger charge is 2.35. The Balaban J connectivity index is 0.00000176. The number of nitrogens with one attached hydrogen (secondary N) is 1. The SMILES string of the molecule is CC1(CN)CCN(C(=O)c2cc3ccccc3[nH]c2=O)C1.Cl. The summed E-state index contributed by atoms with van der Waals surface area (Å²) in [6.45, 7) is 3.88. The van der Waals surface area contributed by atoms with Crippen LogP contribution in [0.5, 0.6) is 0 Å². The van der Waals surface area contributed by atoms with Crippen molar-refractivity contribution in [3.8, 4) is 0 Å². The summed E-state index contributed by atoms with van der Waals surface area (Å²) < 4.78 is 0. The van der Waals surface area contributed by atoms with E-state index in [0.29, 0.717) is 19.6 Å². The first kappa shape index (κ1) is 16.5. The first-order valence-corrected chi connectivity index (χ1v) is 7.14. The molecular weight excluding hydrogens is 302 g/mol. The number of rotatable bonds is 2. The summed E-state index contributed by atoms with van der Waals surface area (Å²) in [5.41, 5.74) is 6.34. The Morgan fingerprint density at radius 1 is 1.41 bits per heavy atom. The standard InChI is InChI=1S/C16H19N3O2.ClH/c1-16(9-17)6-7-19(10-16)15(21)12-8-11-4-2-3-5-13(11)18-14(12)20;/h2-5,8H,6-7,9-10,17H2,1H3,(H,18,20);1H. The van der Waals surface area contributed by atoms with Gasteiger partial charge in [0.15, 0.2) is 0 Å². The Hall–Kier alpha value is -1.85. The lowest BCUT2D eigenvalue weighted by Crippen LogP contribution is -2.36. The highest BCUT2D eigenvalue weighted by Crippen LogP contribution is 2.29. The van der Waals surface area contributed by atoms with Gasteiger partial charge in [-0.15, -0.1) is 12.4 Å². The van der Waals surface area contributed by atoms with Crippen molar-refractivity contribution in [1.82, 2.24) is 9.88 Å². The van der Waals surface area contributed by atoms with Gasteiger partial charge in [-0.3, -0.25) is 9.59 Å². The van der Waals surface area contributed by atoms with E-state index in [9.17, 15) is 9.59 Å². The third-order valence-corrected chi connectivity index (χ3v) is 4.32. The van der Waals surface area contributed by atoms with E-state index in [1.54, 1.807) is 11.0 Å². The average molecular weight is 322 g/mol. The monoisotopic (exact) mass is 321 g/mol. The second-order valence-electron chi connectivity index (χ2n) is 6.09. The number of fused-ring (bicyclic) bond motifs is 1. The second kappa shape index (κ2) is 6.10. The molecule has 1 atom stereocenters. The van der Waals surface area contributed by atoms with Crippen LogP contribution in [0.25, 0.3) is 10.9 Å². The fraction of sp³-hybridized carbons (Fsp3) is 0.375. The molecule has 0 saturated carbocycles. The molecule has 0 spiro atoms. The zero-order chi connectivity index (χ0) is 15.0. The van der Waals surface area contributed by atoms with Crippen LogP contribution in [0.15, 0.2) is 35.1 Å². The third kappa shape index (κ3) is 2.87. The fourth-order valence-corrected chi connectivity index (χ4v) is 2.84. The van der Waals surface area contributed by atoms with Gasteiger partial charge in [0.05, 0.1) is 0 Å². The molecule has 1 aliphatic rings. The minimum absolute atomic E-state index is 0. The number of pyridine rings is 1. The number of halogens is 1. The zero-order valence-corrected chi connectivity index (χ0v) is 13.3. The van der Waals surface area contributed by atoms with Gasteiger partial charge in [0, 0.05) is 18.6 Å². The Bertz CT molecular complexity index is 758. The van der Waals surface area contributed by atoms with Gasteiger partial charge in [-0.05, 0) is 35.9 Å². The summed E-state index contributed by atoms with van der Waals surface area (Å²) in [5, 5.41) is 0.862. The molecule has 22 heavy (non-hydrogen) atoms. The fourth-order valence-electron chi connectivity index (χ4n) is 2.84. The van der Waals surface area contributed by atoms with Gasteiger partial charge >= 0.3 is 0 Å². The topological polar surface area (TPSA) is 79.2 Å². The number of aromatic nitrogens is 1. The molecule has 3 rings (SSSR count). The summed E-state index contributed by atoms with van der Waals surface area (Å²) in [7, 11) is 0. The van der Waals surface area contributed by atoms with Gasteiger partial charge in [0.25, 0.3) is 11.5 Å². The molecule has 118 valence electrons. The normalized spacial score (nSPS) is 20.9. The first-order chi connectivity index (χ1) is 10.0. The van der Waals surface area contributed by atoms with E-state index in [4.69, 9.17) is 5.73 Å². The van der Waals surface area contributed by atoms with Crippen LogP contribution in [0.2, 0.25) is 0 Å². The first-order valence-electron chi connectivity index (χ1n) is 7.14. The second-order valence-corrected chi connectivity index (χ2v) is 6.09. The number of amides is 1. The van der Waals surface area contributed by atoms with Crippen molar-refractivity contribution < 1.29 is 4.79 Å². The predicted octanol–water partition coefficient (Wildman–Crippen LogP) is 1.76. The summed E-state index contributed by atoms with van der Waals surface area (Å²) in [6.07, 6.45) is 0.876. The third-order valence-electron chi connectivity index (χ3n) is 4.32. The average Bonchev–Trinajstić information content (AvgIpc) is 2.89. The molecule has 2 heterocycles. The molecular formula is C16H20ClN3O2. The van der Waals surface area contributed by atoms with E-state index in [2.05, 4.69) is 11.9 Å². The Morgan fingerprint density at radius 2 is 2.14 bits per heavy atom. The van der Waals surface area contributed by atoms with Crippen molar-refractivity contribution >= 4 is 29.2 Å². The number of nitrogens with zero attached hydrogens (tertiary/aromatic N) is 1. The maximum Gasteiger partial charge on any atom is 0.261 e. The van der Waals surface area contributed by atoms with Gasteiger partial charge in [-0.1, -0.05) is 25.1 Å². The number of para-hydroxylation sites is 1. The summed E-state index contributed by atoms with van der Waals surface area (Å²) >= 11 is 0. The number of likely N-dealkylation sites (tertiary alicyclic amines) is 1. The van der Waals surface area contributed by atoms with Crippen molar-refractivity contribution in [3.05, 3.63) is 46.2 Å². The molecule has 1 aliphatic heterocycles. The van der Waals surface area contributed by atoms with Crippen molar-refractivity contribution in [1.29, 1.82) is 0 Å². The van der Waals surface area contributed by atoms with Crippen LogP contribution < -0.4 is 11.3 Å². The van der Waals surface area contributed by atoms with E-state index in [-0.39, 0.29) is 34.9 Å². The van der Waals surface area contributed by atoms with Gasteiger partial charge in [-0.25, -0.2) is 0 Å². The molecule has 0 aliphatic carbocycles. The van der Waals surface area contributed by atoms with Crippen LogP contribution in [0, 0.1) is 5.41 Å². The molecule has 3 N–H and O–H groups in total. The van der Waals surface area contributed by atoms with Crippen molar-refractivity contribution in [2.75, 3.05) is 19.6 Å². The number of hydrogen-bond acceptors (Lipinski definition) is 3. The van der Waals surface area contributed by atoms with Gasteiger partial charge in [0.1, 0.15) is 5.56 Å². The van der Waals surface area contributed by atoms with Crippen molar-refractivity contribution in [3.63, 3.8) is 0 Å². The number of aromatic amines is 1. The number of benzene rings is 1. The van der Waals surface area contributed by atoms with Crippen LogP contribution in [0.3, 0.4) is 0 Å². The summed E-state index contributed by atoms with van der Waals surface area (Å²) in [4.78, 5) is 29.2. The smallest absolute Gasteiger partial charge is 0.261 e. The molecule has 0 radical (unpaired) electrons. The number of carbonyl (C=O) groups is 1. The lowest BCUT2D eigenvalue weighted by atomic mass is 9.90. The maximum absolute atomic E-state index is 12.6. The Labute approximate surface area is 134 Å². The van der Waals surface area contributed by atoms with E-state index < -0.39 is 0 Å². The zero-order valence-electron chi connectivity index (χ0n) is 12.5. The lowest BCUT2D eigenvalue weighted by molar-refractivity contribution is 0.0775. The summed E-state index contributed by atoms with van der Waals surface area (Å²) in [5.74, 6) is -0.209. The molecule has 5 nitrogen and oxygen atoms in total. The molecule has 0 bridgehead atoms. The molecule has 1 amide bonds. The van der Waals surface area contributed by atoms with Gasteiger partial charge < -0.3 is 15.6 Å². The largest absolute Gasteiger partial charge is 0.338 e. The summed E-state index contributed by atoms with van der Waals surface area (Å²) in [6, 6.07) is 9.13. The highest BCUT2D eigenvalue weighted by atomic mass is 35.5. The van der Waals surface area contributed by atoms with E-state index in [1.807, 2.05) is 24.3 Å². The molecule has 1 aromatic carbocycles. The maximum atomic E-state index is 12.6. The van der Waals surface area contributed by atoms with E-state index in [0.717, 1.165) is 17.3 Å². The van der Waals surface area contributed by atoms with Crippen LogP contribution in [-0.2, 0) is 0 Å². The molecule has 1 aromatic heterocycles. The molecule has 1 saturated heterocycles. The number of hydrogen-bond donors (Lipinski definition) is 2. The highest BCUT2D eigenvalue weighted by molar-refractivity contribution is 5.97. The number of nitrogens with two attached hydrogens (primary N) is 1. The van der Waals surface area contributed by atoms with Crippen LogP contribution >= 0.6 is 12.4 Å². The van der Waals surface area contributed by atoms with Crippen LogP contribution in [0.4, 0.5) is 0 Å². The van der Waals surface area contributed by atoms with Gasteiger partial charge in [-0.2, -0.15) is 0 Å². The van der Waals surface area contributed by atoms with Crippen LogP contribution in [-0.4, -0.2) is 35.4 Å². The van der Waals surface area contributed by atoms with Crippen LogP contribution in [0.1, 0.15) is 23.7 Å². The lowest BCUT2D eigenvalue weighted by Gasteiger charge is -2.22. The minimum atomic E-state index is -0.333. The Kier molecular flexibility index (Phi) is 4.58. The quantitative estimate of drug-likeness (QED) is 0.884. The van der Waals surface area contributed by atoms with E-state index >= 15 is 0 Å². The van der Waals surface area contributed by atoms with E-state index in [1.165, 1.54) is 0 Å². The molecule has 6 heteroatoms. The van der Waals surface area contributed by atoms with Crippen molar-refractivity contribution in [2.24, 2.45) is 11.1 Å². The molecule has 1 fully saturated rings. The number of carbonyl (C=O) groups excluding carboxylic acids is 1. The number of H-pyrrole nitrogens is 1. The molecule has 1 unspecified atom stereocenters. The van der Waals surface area contributed by atoms with Crippen molar-refractivity contribution in [2.45, 2.75) is 13.3 Å². The predicted molar refractivity (Wildman–Crippen MR) is 89.5 cm³/mol. The Morgan fingerprint density at radius 3 is 2.82 bits per heavy atom.